The summed E-state index contributed by atoms with van der Waals surface area (Å²) in [6.07, 6.45) is 0. The van der Waals surface area contributed by atoms with Crippen LogP contribution in [0.25, 0.3) is 62.9 Å². The number of aromatic nitrogens is 1. The Balaban J connectivity index is 1.50. The maximum atomic E-state index is 6.26. The van der Waals surface area contributed by atoms with Crippen LogP contribution >= 0.6 is 34.3 Å². The predicted octanol–water partition coefficient (Wildman–Crippen LogP) is 8.88. The minimum Gasteiger partial charge on any atom is -0.436 e. The lowest BCUT2D eigenvalue weighted by Crippen LogP contribution is -1.77. The van der Waals surface area contributed by atoms with Gasteiger partial charge in [0, 0.05) is 51.4 Å². The molecule has 0 fully saturated rings. The van der Waals surface area contributed by atoms with E-state index in [1.54, 1.807) is 22.7 Å². The van der Waals surface area contributed by atoms with Crippen LogP contribution in [0.2, 0.25) is 5.02 Å². The van der Waals surface area contributed by atoms with Crippen molar-refractivity contribution < 1.29 is 4.42 Å². The van der Waals surface area contributed by atoms with Crippen molar-refractivity contribution in [2.24, 2.45) is 0 Å². The van der Waals surface area contributed by atoms with Crippen LogP contribution in [0.1, 0.15) is 0 Å². The number of thiophene rings is 2. The van der Waals surface area contributed by atoms with Gasteiger partial charge in [0.25, 0.3) is 0 Å². The van der Waals surface area contributed by atoms with Crippen LogP contribution in [-0.4, -0.2) is 4.98 Å². The SMILES string of the molecule is Clc1ccc2sc3cc4oc(-c5cccc6c5sc5ccccc56)nc4cc3c2c1. The van der Waals surface area contributed by atoms with Crippen LogP contribution in [0.5, 0.6) is 0 Å². The third-order valence-corrected chi connectivity index (χ3v) is 8.16. The van der Waals surface area contributed by atoms with Gasteiger partial charge in [-0.1, -0.05) is 41.9 Å². The summed E-state index contributed by atoms with van der Waals surface area (Å²) in [5.74, 6) is 0.669. The molecule has 0 N–H and O–H groups in total. The topological polar surface area (TPSA) is 26.0 Å². The molecule has 7 aromatic rings. The number of nitrogens with zero attached hydrogens (tertiary/aromatic N) is 1. The zero-order chi connectivity index (χ0) is 19.8. The van der Waals surface area contributed by atoms with Gasteiger partial charge in [0.15, 0.2) is 5.58 Å². The molecule has 0 radical (unpaired) electrons. The highest BCUT2D eigenvalue weighted by Crippen LogP contribution is 2.42. The smallest absolute Gasteiger partial charge is 0.228 e. The Morgan fingerprint density at radius 3 is 2.50 bits per heavy atom. The molecule has 4 aromatic carbocycles. The second-order valence-electron chi connectivity index (χ2n) is 7.36. The van der Waals surface area contributed by atoms with E-state index in [4.69, 9.17) is 21.0 Å². The maximum absolute atomic E-state index is 6.26. The quantitative estimate of drug-likeness (QED) is 0.254. The molecule has 0 spiro atoms. The summed E-state index contributed by atoms with van der Waals surface area (Å²) in [6.45, 7) is 0. The second-order valence-corrected chi connectivity index (χ2v) is 9.93. The van der Waals surface area contributed by atoms with Gasteiger partial charge in [-0.05, 0) is 36.4 Å². The van der Waals surface area contributed by atoms with Crippen LogP contribution in [-0.2, 0) is 0 Å². The van der Waals surface area contributed by atoms with Gasteiger partial charge >= 0.3 is 0 Å². The summed E-state index contributed by atoms with van der Waals surface area (Å²) in [5.41, 5.74) is 2.73. The first-order valence-corrected chi connectivity index (χ1v) is 11.6. The molecule has 0 amide bonds. The lowest BCUT2D eigenvalue weighted by Gasteiger charge is -1.97. The molecule has 0 unspecified atom stereocenters. The van der Waals surface area contributed by atoms with E-state index < -0.39 is 0 Å². The van der Waals surface area contributed by atoms with Crippen molar-refractivity contribution in [1.29, 1.82) is 0 Å². The van der Waals surface area contributed by atoms with Gasteiger partial charge in [-0.2, -0.15) is 0 Å². The van der Waals surface area contributed by atoms with E-state index in [1.807, 2.05) is 12.1 Å². The molecular formula is C25H12ClNOS2. The van der Waals surface area contributed by atoms with Crippen molar-refractivity contribution in [2.45, 2.75) is 0 Å². The Labute approximate surface area is 183 Å². The summed E-state index contributed by atoms with van der Waals surface area (Å²) >= 11 is 9.78. The highest BCUT2D eigenvalue weighted by atomic mass is 35.5. The largest absolute Gasteiger partial charge is 0.436 e. The maximum Gasteiger partial charge on any atom is 0.228 e. The summed E-state index contributed by atoms with van der Waals surface area (Å²) in [5, 5.41) is 5.61. The summed E-state index contributed by atoms with van der Waals surface area (Å²) in [4.78, 5) is 4.87. The fourth-order valence-corrected chi connectivity index (χ4v) is 6.68. The van der Waals surface area contributed by atoms with Gasteiger partial charge in [-0.25, -0.2) is 4.98 Å². The molecule has 0 aliphatic heterocycles. The molecule has 0 saturated carbocycles. The fourth-order valence-electron chi connectivity index (χ4n) is 4.20. The average Bonchev–Trinajstić information content (AvgIpc) is 3.44. The molecular weight excluding hydrogens is 430 g/mol. The van der Waals surface area contributed by atoms with E-state index in [-0.39, 0.29) is 0 Å². The van der Waals surface area contributed by atoms with Gasteiger partial charge in [-0.3, -0.25) is 0 Å². The van der Waals surface area contributed by atoms with Gasteiger partial charge in [0.1, 0.15) is 5.52 Å². The molecule has 3 heterocycles. The number of rotatable bonds is 1. The highest BCUT2D eigenvalue weighted by molar-refractivity contribution is 7.26. The van der Waals surface area contributed by atoms with Crippen LogP contribution in [0.15, 0.2) is 77.2 Å². The molecule has 3 aromatic heterocycles. The molecule has 2 nitrogen and oxygen atoms in total. The first-order chi connectivity index (χ1) is 14.7. The molecule has 5 heteroatoms. The van der Waals surface area contributed by atoms with Gasteiger partial charge in [-0.15, -0.1) is 22.7 Å². The van der Waals surface area contributed by atoms with E-state index >= 15 is 0 Å². The van der Waals surface area contributed by atoms with E-state index in [1.165, 1.54) is 40.3 Å². The molecule has 0 saturated heterocycles. The third kappa shape index (κ3) is 2.33. The Kier molecular flexibility index (Phi) is 3.39. The fraction of sp³-hybridized carbons (Fsp3) is 0. The second kappa shape index (κ2) is 6.05. The standard InChI is InChI=1S/C25H12ClNOS2/c26-13-8-9-22-17(10-13)18-11-19-20(12-23(18)29-22)28-25(27-19)16-6-3-5-15-14-4-1-2-7-21(14)30-24(15)16/h1-12H. The molecule has 0 aliphatic rings. The molecule has 0 aliphatic carbocycles. The van der Waals surface area contributed by atoms with Crippen molar-refractivity contribution >= 4 is 85.7 Å². The number of oxazole rings is 1. The number of hydrogen-bond donors (Lipinski definition) is 0. The Morgan fingerprint density at radius 2 is 1.53 bits per heavy atom. The number of hydrogen-bond acceptors (Lipinski definition) is 4. The van der Waals surface area contributed by atoms with E-state index in [0.29, 0.717) is 5.89 Å². The van der Waals surface area contributed by atoms with E-state index in [2.05, 4.69) is 60.7 Å². The van der Waals surface area contributed by atoms with Crippen molar-refractivity contribution in [3.63, 3.8) is 0 Å². The average molecular weight is 442 g/mol. The molecule has 30 heavy (non-hydrogen) atoms. The molecule has 0 atom stereocenters. The van der Waals surface area contributed by atoms with E-state index in [9.17, 15) is 0 Å². The van der Waals surface area contributed by atoms with Crippen LogP contribution < -0.4 is 0 Å². The number of halogens is 1. The summed E-state index contributed by atoms with van der Waals surface area (Å²) in [7, 11) is 0. The van der Waals surface area contributed by atoms with Crippen molar-refractivity contribution in [1.82, 2.24) is 4.98 Å². The molecule has 142 valence electrons. The van der Waals surface area contributed by atoms with Crippen LogP contribution in [0.3, 0.4) is 0 Å². The van der Waals surface area contributed by atoms with Crippen molar-refractivity contribution in [3.05, 3.63) is 77.8 Å². The summed E-state index contributed by atoms with van der Waals surface area (Å²) < 4.78 is 11.2. The third-order valence-electron chi connectivity index (χ3n) is 5.58. The zero-order valence-corrected chi connectivity index (χ0v) is 17.9. The van der Waals surface area contributed by atoms with E-state index in [0.717, 1.165) is 21.7 Å². The lowest BCUT2D eigenvalue weighted by molar-refractivity contribution is 0.621. The van der Waals surface area contributed by atoms with Crippen LogP contribution in [0.4, 0.5) is 0 Å². The highest BCUT2D eigenvalue weighted by Gasteiger charge is 2.16. The Bertz CT molecular complexity index is 1770. The Hall–Kier alpha value is -2.92. The minimum absolute atomic E-state index is 0.669. The Morgan fingerprint density at radius 1 is 0.700 bits per heavy atom. The predicted molar refractivity (Wildman–Crippen MR) is 130 cm³/mol. The minimum atomic E-state index is 0.669. The van der Waals surface area contributed by atoms with Crippen molar-refractivity contribution in [2.75, 3.05) is 0 Å². The lowest BCUT2D eigenvalue weighted by atomic mass is 10.1. The monoisotopic (exact) mass is 441 g/mol. The zero-order valence-electron chi connectivity index (χ0n) is 15.5. The van der Waals surface area contributed by atoms with Gasteiger partial charge in [0.05, 0.1) is 5.56 Å². The number of benzene rings is 4. The number of fused-ring (bicyclic) bond motifs is 7. The first-order valence-electron chi connectivity index (χ1n) is 9.58. The van der Waals surface area contributed by atoms with Gasteiger partial charge in [0.2, 0.25) is 5.89 Å². The van der Waals surface area contributed by atoms with Gasteiger partial charge < -0.3 is 4.42 Å². The summed E-state index contributed by atoms with van der Waals surface area (Å²) in [6, 6.07) is 25.1. The first kappa shape index (κ1) is 16.8. The molecule has 7 rings (SSSR count). The molecule has 0 bridgehead atoms. The van der Waals surface area contributed by atoms with Crippen molar-refractivity contribution in [3.8, 4) is 11.5 Å². The normalized spacial score (nSPS) is 12.2. The van der Waals surface area contributed by atoms with Crippen LogP contribution in [0, 0.1) is 0 Å².